The molecule has 1 heterocycles. The number of aliphatic imine (C=N–C) groups is 1. The molecule has 152 valence electrons. The van der Waals surface area contributed by atoms with Gasteiger partial charge in [0.1, 0.15) is 0 Å². The molecule has 2 unspecified atom stereocenters. The zero-order valence-corrected chi connectivity index (χ0v) is 18.9. The second-order valence-electron chi connectivity index (χ2n) is 6.78. The smallest absolute Gasteiger partial charge is 0.310 e. The molecule has 1 aliphatic heterocycles. The summed E-state index contributed by atoms with van der Waals surface area (Å²) in [5.74, 6) is 0.292. The van der Waals surface area contributed by atoms with Crippen molar-refractivity contribution in [2.45, 2.75) is 39.3 Å². The molecule has 0 radical (unpaired) electrons. The second kappa shape index (κ2) is 12.9. The Labute approximate surface area is 180 Å². The average Bonchev–Trinajstić information content (AvgIpc) is 3.10. The molecule has 1 aromatic carbocycles. The summed E-state index contributed by atoms with van der Waals surface area (Å²) in [5.41, 5.74) is 1.35. The summed E-state index contributed by atoms with van der Waals surface area (Å²) in [6.45, 7) is 8.05. The van der Waals surface area contributed by atoms with Crippen molar-refractivity contribution < 1.29 is 9.53 Å². The van der Waals surface area contributed by atoms with Gasteiger partial charge in [-0.05, 0) is 31.9 Å². The van der Waals surface area contributed by atoms with Crippen LogP contribution >= 0.6 is 24.0 Å². The molecule has 0 bridgehead atoms. The lowest BCUT2D eigenvalue weighted by molar-refractivity contribution is -0.144. The summed E-state index contributed by atoms with van der Waals surface area (Å²) in [7, 11) is 1.41. The first-order valence-electron chi connectivity index (χ1n) is 9.52. The molecule has 0 aromatic heterocycles. The van der Waals surface area contributed by atoms with Crippen molar-refractivity contribution in [2.75, 3.05) is 33.3 Å². The maximum Gasteiger partial charge on any atom is 0.310 e. The summed E-state index contributed by atoms with van der Waals surface area (Å²) < 4.78 is 4.76. The highest BCUT2D eigenvalue weighted by Gasteiger charge is 2.24. The summed E-state index contributed by atoms with van der Waals surface area (Å²) >= 11 is 0. The van der Waals surface area contributed by atoms with E-state index in [2.05, 4.69) is 50.9 Å². The van der Waals surface area contributed by atoms with Crippen LogP contribution in [-0.2, 0) is 16.1 Å². The van der Waals surface area contributed by atoms with Crippen LogP contribution in [0.2, 0.25) is 0 Å². The van der Waals surface area contributed by atoms with Crippen molar-refractivity contribution in [3.05, 3.63) is 35.9 Å². The lowest BCUT2D eigenvalue weighted by atomic mass is 10.2. The lowest BCUT2D eigenvalue weighted by Crippen LogP contribution is -2.45. The third-order valence-corrected chi connectivity index (χ3v) is 4.70. The van der Waals surface area contributed by atoms with Gasteiger partial charge in [0.15, 0.2) is 5.96 Å². The van der Waals surface area contributed by atoms with Gasteiger partial charge in [-0.25, -0.2) is 0 Å². The molecule has 1 aliphatic rings. The number of hydrogen-bond acceptors (Lipinski definition) is 4. The molecule has 6 nitrogen and oxygen atoms in total. The van der Waals surface area contributed by atoms with E-state index in [0.29, 0.717) is 12.6 Å². The number of hydrogen-bond donors (Lipinski definition) is 2. The maximum absolute atomic E-state index is 11.5. The number of guanidine groups is 1. The second-order valence-corrected chi connectivity index (χ2v) is 6.78. The van der Waals surface area contributed by atoms with Crippen LogP contribution in [0.4, 0.5) is 0 Å². The molecule has 0 spiro atoms. The zero-order chi connectivity index (χ0) is 18.8. The Morgan fingerprint density at radius 3 is 2.74 bits per heavy atom. The topological polar surface area (TPSA) is 66.0 Å². The number of halogens is 1. The summed E-state index contributed by atoms with van der Waals surface area (Å²) in [4.78, 5) is 18.6. The third-order valence-electron chi connectivity index (χ3n) is 4.70. The molecule has 2 rings (SSSR count). The highest BCUT2D eigenvalue weighted by molar-refractivity contribution is 14.0. The average molecular weight is 488 g/mol. The molecule has 1 fully saturated rings. The summed E-state index contributed by atoms with van der Waals surface area (Å²) in [5, 5.41) is 6.69. The van der Waals surface area contributed by atoms with Gasteiger partial charge in [-0.1, -0.05) is 37.3 Å². The van der Waals surface area contributed by atoms with Crippen molar-refractivity contribution >= 4 is 35.9 Å². The van der Waals surface area contributed by atoms with Crippen LogP contribution in [0.25, 0.3) is 0 Å². The lowest BCUT2D eigenvalue weighted by Gasteiger charge is -2.25. The van der Waals surface area contributed by atoms with E-state index in [4.69, 9.17) is 4.74 Å². The van der Waals surface area contributed by atoms with Gasteiger partial charge >= 0.3 is 5.97 Å². The first kappa shape index (κ1) is 23.7. The maximum atomic E-state index is 11.5. The molecule has 0 aliphatic carbocycles. The predicted octanol–water partition coefficient (Wildman–Crippen LogP) is 2.63. The van der Waals surface area contributed by atoms with Crippen LogP contribution in [0, 0.1) is 5.92 Å². The number of benzene rings is 1. The molecule has 2 atom stereocenters. The van der Waals surface area contributed by atoms with Gasteiger partial charge in [-0.15, -0.1) is 24.0 Å². The van der Waals surface area contributed by atoms with E-state index in [1.165, 1.54) is 25.5 Å². The largest absolute Gasteiger partial charge is 0.469 e. The monoisotopic (exact) mass is 488 g/mol. The fourth-order valence-electron chi connectivity index (χ4n) is 3.21. The van der Waals surface area contributed by atoms with Crippen LogP contribution in [0.15, 0.2) is 35.3 Å². The molecule has 0 saturated carbocycles. The standard InChI is InChI=1S/C20H32N4O2.HI/c1-4-21-20(22-13-16(2)19(25)26-3)23-14-18-11-8-12-24(18)15-17-9-6-5-7-10-17;/h5-7,9-10,16,18H,4,8,11-15H2,1-3H3,(H2,21,22,23);1H. The number of nitrogens with one attached hydrogen (secondary N) is 2. The van der Waals surface area contributed by atoms with E-state index < -0.39 is 0 Å². The Morgan fingerprint density at radius 2 is 2.07 bits per heavy atom. The Morgan fingerprint density at radius 1 is 1.33 bits per heavy atom. The van der Waals surface area contributed by atoms with Gasteiger partial charge in [-0.3, -0.25) is 14.7 Å². The Kier molecular flexibility index (Phi) is 11.3. The quantitative estimate of drug-likeness (QED) is 0.255. The van der Waals surface area contributed by atoms with Crippen LogP contribution in [0.3, 0.4) is 0 Å². The number of nitrogens with zero attached hydrogens (tertiary/aromatic N) is 2. The molecule has 0 amide bonds. The SMILES string of the molecule is CCNC(=NCC(C)C(=O)OC)NCC1CCCN1Cc1ccccc1.I. The predicted molar refractivity (Wildman–Crippen MR) is 120 cm³/mol. The van der Waals surface area contributed by atoms with E-state index >= 15 is 0 Å². The third kappa shape index (κ3) is 8.04. The Balaban J connectivity index is 0.00000364. The van der Waals surface area contributed by atoms with Gasteiger partial charge in [0.25, 0.3) is 0 Å². The summed E-state index contributed by atoms with van der Waals surface area (Å²) in [6, 6.07) is 11.1. The fourth-order valence-corrected chi connectivity index (χ4v) is 3.21. The van der Waals surface area contributed by atoms with E-state index in [1.807, 2.05) is 13.8 Å². The van der Waals surface area contributed by atoms with Crippen molar-refractivity contribution in [1.29, 1.82) is 0 Å². The van der Waals surface area contributed by atoms with Crippen molar-refractivity contribution in [2.24, 2.45) is 10.9 Å². The van der Waals surface area contributed by atoms with Crippen molar-refractivity contribution in [1.82, 2.24) is 15.5 Å². The molecule has 1 saturated heterocycles. The number of carbonyl (C=O) groups is 1. The van der Waals surface area contributed by atoms with Gasteiger partial charge in [0.05, 0.1) is 19.6 Å². The van der Waals surface area contributed by atoms with E-state index in [0.717, 1.165) is 32.1 Å². The van der Waals surface area contributed by atoms with Crippen molar-refractivity contribution in [3.63, 3.8) is 0 Å². The summed E-state index contributed by atoms with van der Waals surface area (Å²) in [6.07, 6.45) is 2.42. The molecule has 27 heavy (non-hydrogen) atoms. The van der Waals surface area contributed by atoms with Gasteiger partial charge < -0.3 is 15.4 Å². The van der Waals surface area contributed by atoms with Gasteiger partial charge in [0.2, 0.25) is 0 Å². The minimum atomic E-state index is -0.239. The van der Waals surface area contributed by atoms with Crippen LogP contribution in [-0.4, -0.2) is 56.2 Å². The van der Waals surface area contributed by atoms with Gasteiger partial charge in [0, 0.05) is 25.7 Å². The van der Waals surface area contributed by atoms with Crippen LogP contribution in [0.5, 0.6) is 0 Å². The zero-order valence-electron chi connectivity index (χ0n) is 16.6. The fraction of sp³-hybridized carbons (Fsp3) is 0.600. The van der Waals surface area contributed by atoms with Crippen LogP contribution in [0.1, 0.15) is 32.3 Å². The Hall–Kier alpha value is -1.35. The molecular formula is C20H33IN4O2. The van der Waals surface area contributed by atoms with E-state index in [1.54, 1.807) is 0 Å². The molecular weight excluding hydrogens is 455 g/mol. The number of carbonyl (C=O) groups excluding carboxylic acids is 1. The van der Waals surface area contributed by atoms with Gasteiger partial charge in [-0.2, -0.15) is 0 Å². The number of ether oxygens (including phenoxy) is 1. The van der Waals surface area contributed by atoms with Crippen molar-refractivity contribution in [3.8, 4) is 0 Å². The highest BCUT2D eigenvalue weighted by atomic mass is 127. The minimum absolute atomic E-state index is 0. The normalized spacial score (nSPS) is 18.5. The highest BCUT2D eigenvalue weighted by Crippen LogP contribution is 2.19. The number of esters is 1. The first-order valence-corrected chi connectivity index (χ1v) is 9.52. The first-order chi connectivity index (χ1) is 12.6. The molecule has 1 aromatic rings. The number of rotatable bonds is 8. The number of methoxy groups -OCH3 is 1. The Bertz CT molecular complexity index is 583. The number of likely N-dealkylation sites (tertiary alicyclic amines) is 1. The van der Waals surface area contributed by atoms with Crippen LogP contribution < -0.4 is 10.6 Å². The minimum Gasteiger partial charge on any atom is -0.469 e. The van der Waals surface area contributed by atoms with E-state index in [-0.39, 0.29) is 35.9 Å². The molecule has 2 N–H and O–H groups in total. The van der Waals surface area contributed by atoms with E-state index in [9.17, 15) is 4.79 Å². The molecule has 7 heteroatoms.